The second-order valence-corrected chi connectivity index (χ2v) is 10.3. The minimum atomic E-state index is -3.44. The fourth-order valence-corrected chi connectivity index (χ4v) is 6.43. The predicted octanol–water partition coefficient (Wildman–Crippen LogP) is 4.37. The molecule has 0 amide bonds. The Hall–Kier alpha value is -2.44. The van der Waals surface area contributed by atoms with Crippen LogP contribution in [-0.4, -0.2) is 35.4 Å². The van der Waals surface area contributed by atoms with Gasteiger partial charge in [0, 0.05) is 36.6 Å². The minimum Gasteiger partial charge on any atom is -0.325 e. The van der Waals surface area contributed by atoms with Crippen LogP contribution in [0.25, 0.3) is 11.4 Å². The third kappa shape index (κ3) is 3.38. The number of benzene rings is 2. The molecule has 0 N–H and O–H groups in total. The molecule has 2 aromatic carbocycles. The predicted molar refractivity (Wildman–Crippen MR) is 118 cm³/mol. The van der Waals surface area contributed by atoms with E-state index >= 15 is 0 Å². The van der Waals surface area contributed by atoms with Gasteiger partial charge in [0.1, 0.15) is 5.82 Å². The number of sulfonamides is 1. The first-order valence-corrected chi connectivity index (χ1v) is 12.2. The van der Waals surface area contributed by atoms with E-state index < -0.39 is 10.0 Å². The van der Waals surface area contributed by atoms with Gasteiger partial charge in [0.15, 0.2) is 0 Å². The molecule has 2 aliphatic rings. The summed E-state index contributed by atoms with van der Waals surface area (Å²) >= 11 is 0. The van der Waals surface area contributed by atoms with Crippen LogP contribution in [0.1, 0.15) is 42.1 Å². The molecule has 0 bridgehead atoms. The molecule has 2 heterocycles. The Morgan fingerprint density at radius 1 is 0.967 bits per heavy atom. The minimum absolute atomic E-state index is 0.258. The zero-order valence-corrected chi connectivity index (χ0v) is 18.1. The Labute approximate surface area is 178 Å². The quantitative estimate of drug-likeness (QED) is 0.628. The summed E-state index contributed by atoms with van der Waals surface area (Å²) in [5.74, 6) is 0.966. The van der Waals surface area contributed by atoms with E-state index in [9.17, 15) is 8.42 Å². The summed E-state index contributed by atoms with van der Waals surface area (Å²) in [5.41, 5.74) is 4.72. The van der Waals surface area contributed by atoms with Crippen molar-refractivity contribution in [3.63, 3.8) is 0 Å². The third-order valence-corrected chi connectivity index (χ3v) is 8.40. The van der Waals surface area contributed by atoms with Gasteiger partial charge < -0.3 is 4.57 Å². The van der Waals surface area contributed by atoms with Gasteiger partial charge in [-0.25, -0.2) is 13.4 Å². The van der Waals surface area contributed by atoms with Crippen LogP contribution in [0.15, 0.2) is 59.6 Å². The van der Waals surface area contributed by atoms with Crippen molar-refractivity contribution in [2.24, 2.45) is 0 Å². The maximum absolute atomic E-state index is 13.2. The third-order valence-electron chi connectivity index (χ3n) is 6.51. The summed E-state index contributed by atoms with van der Waals surface area (Å²) < 4.78 is 30.4. The van der Waals surface area contributed by atoms with E-state index in [1.807, 2.05) is 36.5 Å². The molecule has 1 aliphatic carbocycles. The SMILES string of the molecule is Cc1cnc(-c2ccccc2)n1C1CCN(S(=O)(=O)c2ccc3c(c2)CCC3)CC1. The van der Waals surface area contributed by atoms with Gasteiger partial charge >= 0.3 is 0 Å². The van der Waals surface area contributed by atoms with Gasteiger partial charge in [0.25, 0.3) is 0 Å². The van der Waals surface area contributed by atoms with Gasteiger partial charge in [-0.05, 0) is 62.3 Å². The van der Waals surface area contributed by atoms with Crippen LogP contribution >= 0.6 is 0 Å². The fourth-order valence-electron chi connectivity index (χ4n) is 4.91. The second kappa shape index (κ2) is 7.67. The second-order valence-electron chi connectivity index (χ2n) is 8.38. The van der Waals surface area contributed by atoms with Crippen molar-refractivity contribution in [3.05, 3.63) is 71.5 Å². The molecule has 0 saturated carbocycles. The van der Waals surface area contributed by atoms with Crippen molar-refractivity contribution in [1.82, 2.24) is 13.9 Å². The lowest BCUT2D eigenvalue weighted by Crippen LogP contribution is -2.39. The first kappa shape index (κ1) is 19.5. The first-order chi connectivity index (χ1) is 14.5. The monoisotopic (exact) mass is 421 g/mol. The van der Waals surface area contributed by atoms with Crippen molar-refractivity contribution >= 4 is 10.0 Å². The molecule has 6 heteroatoms. The van der Waals surface area contributed by atoms with Crippen molar-refractivity contribution < 1.29 is 8.42 Å². The van der Waals surface area contributed by atoms with Gasteiger partial charge in [-0.3, -0.25) is 0 Å². The van der Waals surface area contributed by atoms with Crippen molar-refractivity contribution in [3.8, 4) is 11.4 Å². The first-order valence-electron chi connectivity index (χ1n) is 10.8. The van der Waals surface area contributed by atoms with E-state index in [-0.39, 0.29) is 6.04 Å². The average Bonchev–Trinajstić information content (AvgIpc) is 3.40. The molecule has 30 heavy (non-hydrogen) atoms. The van der Waals surface area contributed by atoms with Crippen LogP contribution in [-0.2, 0) is 22.9 Å². The van der Waals surface area contributed by atoms with Crippen molar-refractivity contribution in [2.75, 3.05) is 13.1 Å². The number of aryl methyl sites for hydroxylation is 3. The zero-order chi connectivity index (χ0) is 20.7. The molecule has 5 rings (SSSR count). The summed E-state index contributed by atoms with van der Waals surface area (Å²) in [4.78, 5) is 5.09. The highest BCUT2D eigenvalue weighted by molar-refractivity contribution is 7.89. The van der Waals surface area contributed by atoms with Gasteiger partial charge in [-0.2, -0.15) is 4.31 Å². The normalized spacial score (nSPS) is 17.9. The number of hydrogen-bond acceptors (Lipinski definition) is 3. The number of aromatic nitrogens is 2. The molecule has 0 atom stereocenters. The van der Waals surface area contributed by atoms with E-state index in [1.54, 1.807) is 10.4 Å². The molecular formula is C24H27N3O2S. The molecular weight excluding hydrogens is 394 g/mol. The molecule has 0 unspecified atom stereocenters. The van der Waals surface area contributed by atoms with Gasteiger partial charge in [0.05, 0.1) is 4.90 Å². The van der Waals surface area contributed by atoms with Crippen molar-refractivity contribution in [1.29, 1.82) is 0 Å². The highest BCUT2D eigenvalue weighted by atomic mass is 32.2. The average molecular weight is 422 g/mol. The number of piperidine rings is 1. The molecule has 1 aromatic heterocycles. The Morgan fingerprint density at radius 3 is 2.47 bits per heavy atom. The van der Waals surface area contributed by atoms with Crippen LogP contribution < -0.4 is 0 Å². The maximum atomic E-state index is 13.2. The lowest BCUT2D eigenvalue weighted by atomic mass is 10.1. The lowest BCUT2D eigenvalue weighted by molar-refractivity contribution is 0.273. The largest absolute Gasteiger partial charge is 0.325 e. The van der Waals surface area contributed by atoms with E-state index in [0.717, 1.165) is 49.2 Å². The van der Waals surface area contributed by atoms with Crippen LogP contribution in [0.4, 0.5) is 0 Å². The Kier molecular flexibility index (Phi) is 4.99. The van der Waals surface area contributed by atoms with Gasteiger partial charge in [-0.1, -0.05) is 36.4 Å². The van der Waals surface area contributed by atoms with Crippen LogP contribution in [0.3, 0.4) is 0 Å². The molecule has 0 radical (unpaired) electrons. The highest BCUT2D eigenvalue weighted by Crippen LogP contribution is 2.33. The number of nitrogens with zero attached hydrogens (tertiary/aromatic N) is 3. The van der Waals surface area contributed by atoms with E-state index in [2.05, 4.69) is 28.6 Å². The van der Waals surface area contributed by atoms with Gasteiger partial charge in [0.2, 0.25) is 10.0 Å². The van der Waals surface area contributed by atoms with Crippen LogP contribution in [0.2, 0.25) is 0 Å². The van der Waals surface area contributed by atoms with E-state index in [1.165, 1.54) is 11.1 Å². The Morgan fingerprint density at radius 2 is 1.70 bits per heavy atom. The zero-order valence-electron chi connectivity index (χ0n) is 17.3. The molecule has 3 aromatic rings. The molecule has 156 valence electrons. The number of fused-ring (bicyclic) bond motifs is 1. The van der Waals surface area contributed by atoms with Gasteiger partial charge in [-0.15, -0.1) is 0 Å². The van der Waals surface area contributed by atoms with Crippen LogP contribution in [0.5, 0.6) is 0 Å². The summed E-state index contributed by atoms with van der Waals surface area (Å²) in [7, 11) is -3.44. The summed E-state index contributed by atoms with van der Waals surface area (Å²) in [6.45, 7) is 3.15. The Bertz CT molecular complexity index is 1160. The molecule has 1 saturated heterocycles. The molecule has 1 fully saturated rings. The Balaban J connectivity index is 1.36. The fraction of sp³-hybridized carbons (Fsp3) is 0.375. The summed E-state index contributed by atoms with van der Waals surface area (Å²) in [5, 5.41) is 0. The number of hydrogen-bond donors (Lipinski definition) is 0. The van der Waals surface area contributed by atoms with Crippen molar-refractivity contribution in [2.45, 2.75) is 50.0 Å². The highest BCUT2D eigenvalue weighted by Gasteiger charge is 2.32. The summed E-state index contributed by atoms with van der Waals surface area (Å²) in [6.07, 6.45) is 6.68. The standard InChI is InChI=1S/C24H27N3O2S/c1-18-17-25-24(20-6-3-2-4-7-20)27(18)22-12-14-26(15-13-22)30(28,29)23-11-10-19-8-5-9-21(19)16-23/h2-4,6-7,10-11,16-17,22H,5,8-9,12-15H2,1H3. The number of imidazole rings is 1. The van der Waals surface area contributed by atoms with E-state index in [0.29, 0.717) is 18.0 Å². The topological polar surface area (TPSA) is 55.2 Å². The van der Waals surface area contributed by atoms with Crippen LogP contribution in [0, 0.1) is 6.92 Å². The lowest BCUT2D eigenvalue weighted by Gasteiger charge is -2.33. The molecule has 1 aliphatic heterocycles. The smallest absolute Gasteiger partial charge is 0.243 e. The molecule has 0 spiro atoms. The maximum Gasteiger partial charge on any atom is 0.243 e. The molecule has 5 nitrogen and oxygen atoms in total. The number of rotatable bonds is 4. The van der Waals surface area contributed by atoms with E-state index in [4.69, 9.17) is 0 Å². The summed E-state index contributed by atoms with van der Waals surface area (Å²) in [6, 6.07) is 16.2.